The molecule has 0 spiro atoms. The molecule has 0 bridgehead atoms. The Morgan fingerprint density at radius 3 is 2.60 bits per heavy atom. The van der Waals surface area contributed by atoms with Crippen LogP contribution in [0.15, 0.2) is 18.2 Å². The average Bonchev–Trinajstić information content (AvgIpc) is 2.64. The summed E-state index contributed by atoms with van der Waals surface area (Å²) in [4.78, 5) is 4.57. The topological polar surface area (TPSA) is 33.1 Å². The second kappa shape index (κ2) is 2.63. The number of H-pyrrole nitrogens is 1. The molecule has 0 fully saturated rings. The number of aryl methyl sites for hydroxylation is 3. The van der Waals surface area contributed by atoms with Gasteiger partial charge in [0.2, 0.25) is 0 Å². The SMILES string of the molecule is Cc1cc2nc3cc(C)c(C)cc3n2[nH]1. The van der Waals surface area contributed by atoms with E-state index in [4.69, 9.17) is 0 Å². The lowest BCUT2D eigenvalue weighted by Gasteiger charge is -1.99. The van der Waals surface area contributed by atoms with Gasteiger partial charge in [0.1, 0.15) is 0 Å². The van der Waals surface area contributed by atoms with Gasteiger partial charge in [0.25, 0.3) is 0 Å². The van der Waals surface area contributed by atoms with E-state index in [1.54, 1.807) is 0 Å². The molecule has 2 heterocycles. The Bertz CT molecular complexity index is 658. The molecule has 15 heavy (non-hydrogen) atoms. The van der Waals surface area contributed by atoms with E-state index in [9.17, 15) is 0 Å². The lowest BCUT2D eigenvalue weighted by molar-refractivity contribution is 0.973. The van der Waals surface area contributed by atoms with Crippen molar-refractivity contribution in [1.82, 2.24) is 14.6 Å². The number of nitrogens with zero attached hydrogens (tertiary/aromatic N) is 2. The van der Waals surface area contributed by atoms with Crippen molar-refractivity contribution in [2.45, 2.75) is 20.8 Å². The minimum atomic E-state index is 0.993. The van der Waals surface area contributed by atoms with Crippen molar-refractivity contribution in [3.05, 3.63) is 35.0 Å². The van der Waals surface area contributed by atoms with E-state index in [2.05, 4.69) is 42.1 Å². The van der Waals surface area contributed by atoms with Crippen LogP contribution in [0.4, 0.5) is 0 Å². The van der Waals surface area contributed by atoms with Crippen molar-refractivity contribution >= 4 is 16.7 Å². The number of nitrogens with one attached hydrogen (secondary N) is 1. The minimum absolute atomic E-state index is 0.993. The van der Waals surface area contributed by atoms with E-state index in [0.29, 0.717) is 0 Å². The van der Waals surface area contributed by atoms with Crippen molar-refractivity contribution in [3.8, 4) is 0 Å². The molecule has 0 unspecified atom stereocenters. The standard InChI is InChI=1S/C12H13N3/c1-7-4-10-11(5-8(7)2)15-12(13-10)6-9(3)14-15/h4-6,14H,1-3H3. The summed E-state index contributed by atoms with van der Waals surface area (Å²) in [6.45, 7) is 6.29. The van der Waals surface area contributed by atoms with Crippen LogP contribution in [0.5, 0.6) is 0 Å². The molecular formula is C12H13N3. The van der Waals surface area contributed by atoms with E-state index >= 15 is 0 Å². The summed E-state index contributed by atoms with van der Waals surface area (Å²) in [6, 6.07) is 6.38. The van der Waals surface area contributed by atoms with Gasteiger partial charge in [-0.3, -0.25) is 5.10 Å². The van der Waals surface area contributed by atoms with Crippen LogP contribution in [0.3, 0.4) is 0 Å². The van der Waals surface area contributed by atoms with Crippen LogP contribution in [0.25, 0.3) is 16.7 Å². The molecule has 0 aliphatic carbocycles. The van der Waals surface area contributed by atoms with Crippen molar-refractivity contribution in [2.24, 2.45) is 0 Å². The number of hydrogen-bond donors (Lipinski definition) is 1. The van der Waals surface area contributed by atoms with Crippen LogP contribution in [0.2, 0.25) is 0 Å². The first kappa shape index (κ1) is 8.53. The first-order chi connectivity index (χ1) is 7.15. The zero-order valence-electron chi connectivity index (χ0n) is 9.13. The van der Waals surface area contributed by atoms with Gasteiger partial charge in [-0.2, -0.15) is 0 Å². The second-order valence-electron chi connectivity index (χ2n) is 4.17. The maximum Gasteiger partial charge on any atom is 0.154 e. The highest BCUT2D eigenvalue weighted by atomic mass is 15.3. The van der Waals surface area contributed by atoms with Gasteiger partial charge in [-0.25, -0.2) is 9.50 Å². The second-order valence-corrected chi connectivity index (χ2v) is 4.17. The number of aromatic nitrogens is 3. The fourth-order valence-corrected chi connectivity index (χ4v) is 1.97. The first-order valence-electron chi connectivity index (χ1n) is 5.10. The summed E-state index contributed by atoms with van der Waals surface area (Å²) >= 11 is 0. The molecule has 0 atom stereocenters. The molecular weight excluding hydrogens is 186 g/mol. The molecule has 0 aliphatic rings. The summed E-state index contributed by atoms with van der Waals surface area (Å²) < 4.78 is 2.04. The van der Waals surface area contributed by atoms with Crippen LogP contribution in [-0.2, 0) is 0 Å². The highest BCUT2D eigenvalue weighted by Crippen LogP contribution is 2.20. The normalized spacial score (nSPS) is 11.7. The molecule has 1 aromatic carbocycles. The predicted octanol–water partition coefficient (Wildman–Crippen LogP) is 2.74. The number of imidazole rings is 1. The van der Waals surface area contributed by atoms with E-state index in [0.717, 1.165) is 22.4 Å². The smallest absolute Gasteiger partial charge is 0.154 e. The van der Waals surface area contributed by atoms with Crippen molar-refractivity contribution in [2.75, 3.05) is 0 Å². The Balaban J connectivity index is 2.52. The Morgan fingerprint density at radius 1 is 1.07 bits per heavy atom. The fourth-order valence-electron chi connectivity index (χ4n) is 1.97. The van der Waals surface area contributed by atoms with E-state index < -0.39 is 0 Å². The number of benzene rings is 1. The van der Waals surface area contributed by atoms with Gasteiger partial charge in [0.15, 0.2) is 5.65 Å². The third kappa shape index (κ3) is 1.09. The lowest BCUT2D eigenvalue weighted by Crippen LogP contribution is -1.86. The maximum absolute atomic E-state index is 4.57. The molecule has 76 valence electrons. The summed E-state index contributed by atoms with van der Waals surface area (Å²) in [5, 5.41) is 3.28. The molecule has 1 N–H and O–H groups in total. The van der Waals surface area contributed by atoms with Crippen LogP contribution >= 0.6 is 0 Å². The van der Waals surface area contributed by atoms with E-state index in [1.165, 1.54) is 11.1 Å². The van der Waals surface area contributed by atoms with Gasteiger partial charge in [-0.15, -0.1) is 0 Å². The quantitative estimate of drug-likeness (QED) is 0.593. The molecule has 0 radical (unpaired) electrons. The minimum Gasteiger partial charge on any atom is -0.297 e. The van der Waals surface area contributed by atoms with E-state index in [1.807, 2.05) is 11.4 Å². The zero-order chi connectivity index (χ0) is 10.6. The third-order valence-electron chi connectivity index (χ3n) is 2.93. The van der Waals surface area contributed by atoms with Gasteiger partial charge < -0.3 is 0 Å². The Hall–Kier alpha value is -1.77. The molecule has 0 saturated heterocycles. The number of hydrogen-bond acceptors (Lipinski definition) is 1. The van der Waals surface area contributed by atoms with Gasteiger partial charge in [0.05, 0.1) is 11.0 Å². The summed E-state index contributed by atoms with van der Waals surface area (Å²) in [7, 11) is 0. The highest BCUT2D eigenvalue weighted by molar-refractivity contribution is 5.81. The van der Waals surface area contributed by atoms with Crippen molar-refractivity contribution in [3.63, 3.8) is 0 Å². The van der Waals surface area contributed by atoms with Crippen LogP contribution in [-0.4, -0.2) is 14.6 Å². The molecule has 3 aromatic rings. The molecule has 3 rings (SSSR count). The third-order valence-corrected chi connectivity index (χ3v) is 2.93. The predicted molar refractivity (Wildman–Crippen MR) is 61.3 cm³/mol. The molecule has 0 saturated carbocycles. The number of aromatic amines is 1. The van der Waals surface area contributed by atoms with Gasteiger partial charge in [-0.05, 0) is 44.0 Å². The number of rotatable bonds is 0. The lowest BCUT2D eigenvalue weighted by atomic mass is 10.1. The largest absolute Gasteiger partial charge is 0.297 e. The van der Waals surface area contributed by atoms with Gasteiger partial charge in [0, 0.05) is 11.8 Å². The van der Waals surface area contributed by atoms with Crippen LogP contribution in [0, 0.1) is 20.8 Å². The summed E-state index contributed by atoms with van der Waals surface area (Å²) in [5.41, 5.74) is 6.94. The Kier molecular flexibility index (Phi) is 1.49. The molecule has 3 heteroatoms. The first-order valence-corrected chi connectivity index (χ1v) is 5.10. The fraction of sp³-hybridized carbons (Fsp3) is 0.250. The Morgan fingerprint density at radius 2 is 1.80 bits per heavy atom. The van der Waals surface area contributed by atoms with Crippen LogP contribution < -0.4 is 0 Å². The average molecular weight is 199 g/mol. The molecule has 0 aliphatic heterocycles. The highest BCUT2D eigenvalue weighted by Gasteiger charge is 2.07. The summed E-state index contributed by atoms with van der Waals surface area (Å²) in [5.74, 6) is 0. The van der Waals surface area contributed by atoms with Gasteiger partial charge in [-0.1, -0.05) is 0 Å². The molecule has 2 aromatic heterocycles. The Labute approximate surface area is 87.7 Å². The maximum atomic E-state index is 4.57. The monoisotopic (exact) mass is 199 g/mol. The number of fused-ring (bicyclic) bond motifs is 3. The van der Waals surface area contributed by atoms with Crippen LogP contribution in [0.1, 0.15) is 16.8 Å². The van der Waals surface area contributed by atoms with Gasteiger partial charge >= 0.3 is 0 Å². The van der Waals surface area contributed by atoms with Crippen molar-refractivity contribution < 1.29 is 0 Å². The zero-order valence-corrected chi connectivity index (χ0v) is 9.13. The van der Waals surface area contributed by atoms with Crippen molar-refractivity contribution in [1.29, 1.82) is 0 Å². The van der Waals surface area contributed by atoms with E-state index in [-0.39, 0.29) is 0 Å². The molecule has 3 nitrogen and oxygen atoms in total. The summed E-state index contributed by atoms with van der Waals surface area (Å²) in [6.07, 6.45) is 0. The molecule has 0 amide bonds.